The van der Waals surface area contributed by atoms with Crippen LogP contribution in [0.3, 0.4) is 0 Å². The fourth-order valence-corrected chi connectivity index (χ4v) is 1.91. The molecule has 7 nitrogen and oxygen atoms in total. The van der Waals surface area contributed by atoms with Gasteiger partial charge in [-0.2, -0.15) is 0 Å². The monoisotopic (exact) mass is 330 g/mol. The summed E-state index contributed by atoms with van der Waals surface area (Å²) >= 11 is 0. The molecule has 126 valence electrons. The van der Waals surface area contributed by atoms with Gasteiger partial charge in [0, 0.05) is 18.5 Å². The summed E-state index contributed by atoms with van der Waals surface area (Å²) in [5.41, 5.74) is 0.697. The second-order valence-corrected chi connectivity index (χ2v) is 4.84. The second kappa shape index (κ2) is 7.96. The summed E-state index contributed by atoms with van der Waals surface area (Å²) in [4.78, 5) is 28.0. The van der Waals surface area contributed by atoms with Crippen molar-refractivity contribution in [2.45, 2.75) is 13.0 Å². The number of nitrogens with zero attached hydrogens (tertiary/aromatic N) is 1. The Morgan fingerprint density at radius 2 is 1.96 bits per heavy atom. The van der Waals surface area contributed by atoms with Crippen molar-refractivity contribution in [3.63, 3.8) is 0 Å². The maximum atomic E-state index is 12.2. The van der Waals surface area contributed by atoms with E-state index in [1.54, 1.807) is 36.5 Å². The van der Waals surface area contributed by atoms with E-state index < -0.39 is 18.0 Å². The number of hydrogen-bond acceptors (Lipinski definition) is 6. The maximum Gasteiger partial charge on any atom is 0.340 e. The number of rotatable bonds is 6. The van der Waals surface area contributed by atoms with E-state index in [1.807, 2.05) is 0 Å². The topological polar surface area (TPSA) is 86.8 Å². The predicted molar refractivity (Wildman–Crippen MR) is 87.3 cm³/mol. The highest BCUT2D eigenvalue weighted by atomic mass is 16.5. The summed E-state index contributed by atoms with van der Waals surface area (Å²) in [6, 6.07) is 8.17. The minimum atomic E-state index is -0.992. The number of hydrogen-bond donors (Lipinski definition) is 1. The molecule has 24 heavy (non-hydrogen) atoms. The first-order chi connectivity index (χ1) is 11.5. The summed E-state index contributed by atoms with van der Waals surface area (Å²) in [5, 5.41) is 2.66. The van der Waals surface area contributed by atoms with Crippen LogP contribution in [0.2, 0.25) is 0 Å². The molecule has 1 atom stereocenters. The molecule has 1 aromatic carbocycles. The lowest BCUT2D eigenvalue weighted by Crippen LogP contribution is -2.30. The molecule has 1 aromatic heterocycles. The van der Waals surface area contributed by atoms with Crippen molar-refractivity contribution in [2.24, 2.45) is 0 Å². The Labute approximate surface area is 139 Å². The Morgan fingerprint density at radius 1 is 1.17 bits per heavy atom. The van der Waals surface area contributed by atoms with E-state index >= 15 is 0 Å². The molecule has 1 N–H and O–H groups in total. The first-order valence-electron chi connectivity index (χ1n) is 7.19. The molecule has 0 aliphatic carbocycles. The van der Waals surface area contributed by atoms with Gasteiger partial charge in [0.15, 0.2) is 6.10 Å². The third kappa shape index (κ3) is 4.22. The van der Waals surface area contributed by atoms with Gasteiger partial charge in [-0.25, -0.2) is 4.79 Å². The lowest BCUT2D eigenvalue weighted by molar-refractivity contribution is -0.123. The van der Waals surface area contributed by atoms with E-state index in [1.165, 1.54) is 27.3 Å². The molecule has 0 saturated heterocycles. The van der Waals surface area contributed by atoms with Gasteiger partial charge in [0.05, 0.1) is 25.5 Å². The number of carbonyl (C=O) groups excluding carboxylic acids is 2. The van der Waals surface area contributed by atoms with Crippen molar-refractivity contribution >= 4 is 17.6 Å². The summed E-state index contributed by atoms with van der Waals surface area (Å²) in [7, 11) is 3.01. The molecular formula is C17H18N2O5. The van der Waals surface area contributed by atoms with Crippen molar-refractivity contribution in [1.82, 2.24) is 4.98 Å². The molecule has 2 rings (SSSR count). The number of esters is 1. The van der Waals surface area contributed by atoms with Gasteiger partial charge in [0.2, 0.25) is 0 Å². The van der Waals surface area contributed by atoms with Crippen LogP contribution in [0.25, 0.3) is 0 Å². The average Bonchev–Trinajstić information content (AvgIpc) is 2.62. The molecule has 0 spiro atoms. The highest BCUT2D eigenvalue weighted by Crippen LogP contribution is 2.29. The number of nitrogens with one attached hydrogen (secondary N) is 1. The number of anilines is 1. The van der Waals surface area contributed by atoms with Crippen molar-refractivity contribution in [2.75, 3.05) is 19.5 Å². The van der Waals surface area contributed by atoms with Gasteiger partial charge < -0.3 is 19.5 Å². The zero-order chi connectivity index (χ0) is 17.5. The molecular weight excluding hydrogens is 312 g/mol. The van der Waals surface area contributed by atoms with E-state index in [9.17, 15) is 9.59 Å². The number of ether oxygens (including phenoxy) is 3. The molecule has 7 heteroatoms. The standard InChI is InChI=1S/C17H18N2O5/c1-11(24-17(21)12-5-4-8-18-10-12)16(20)19-14-9-13(22-2)6-7-15(14)23-3/h4-11H,1-3H3,(H,19,20). The van der Waals surface area contributed by atoms with Crippen LogP contribution in [0.4, 0.5) is 5.69 Å². The lowest BCUT2D eigenvalue weighted by atomic mass is 10.2. The molecule has 1 unspecified atom stereocenters. The van der Waals surface area contributed by atoms with Crippen LogP contribution in [0.5, 0.6) is 11.5 Å². The Balaban J connectivity index is 2.05. The van der Waals surface area contributed by atoms with Gasteiger partial charge in [-0.1, -0.05) is 0 Å². The number of carbonyl (C=O) groups is 2. The smallest absolute Gasteiger partial charge is 0.340 e. The third-order valence-corrected chi connectivity index (χ3v) is 3.21. The zero-order valence-corrected chi connectivity index (χ0v) is 13.6. The molecule has 2 aromatic rings. The largest absolute Gasteiger partial charge is 0.497 e. The SMILES string of the molecule is COc1ccc(OC)c(NC(=O)C(C)OC(=O)c2cccnc2)c1. The Bertz CT molecular complexity index is 718. The van der Waals surface area contributed by atoms with Crippen LogP contribution >= 0.6 is 0 Å². The Hall–Kier alpha value is -3.09. The highest BCUT2D eigenvalue weighted by Gasteiger charge is 2.20. The van der Waals surface area contributed by atoms with Gasteiger partial charge in [0.1, 0.15) is 11.5 Å². The summed E-state index contributed by atoms with van der Waals surface area (Å²) in [6.45, 7) is 1.48. The summed E-state index contributed by atoms with van der Waals surface area (Å²) < 4.78 is 15.4. The predicted octanol–water partition coefficient (Wildman–Crippen LogP) is 2.28. The van der Waals surface area contributed by atoms with Gasteiger partial charge in [-0.3, -0.25) is 9.78 Å². The fraction of sp³-hybridized carbons (Fsp3) is 0.235. The molecule has 0 aliphatic rings. The van der Waals surface area contributed by atoms with Crippen molar-refractivity contribution < 1.29 is 23.8 Å². The zero-order valence-electron chi connectivity index (χ0n) is 13.6. The number of benzene rings is 1. The van der Waals surface area contributed by atoms with Gasteiger partial charge >= 0.3 is 5.97 Å². The highest BCUT2D eigenvalue weighted by molar-refractivity contribution is 5.98. The molecule has 0 radical (unpaired) electrons. The second-order valence-electron chi connectivity index (χ2n) is 4.84. The van der Waals surface area contributed by atoms with Crippen molar-refractivity contribution in [1.29, 1.82) is 0 Å². The number of pyridine rings is 1. The van der Waals surface area contributed by atoms with Crippen molar-refractivity contribution in [3.05, 3.63) is 48.3 Å². The summed E-state index contributed by atoms with van der Waals surface area (Å²) in [5.74, 6) is -0.0804. The minimum Gasteiger partial charge on any atom is -0.497 e. The Morgan fingerprint density at radius 3 is 2.58 bits per heavy atom. The van der Waals surface area contributed by atoms with E-state index in [2.05, 4.69) is 10.3 Å². The lowest BCUT2D eigenvalue weighted by Gasteiger charge is -2.15. The van der Waals surface area contributed by atoms with Crippen LogP contribution in [0, 0.1) is 0 Å². The van der Waals surface area contributed by atoms with Crippen LogP contribution in [-0.4, -0.2) is 37.2 Å². The molecule has 0 saturated carbocycles. The normalized spacial score (nSPS) is 11.3. The molecule has 0 fully saturated rings. The van der Waals surface area contributed by atoms with Gasteiger partial charge in [-0.15, -0.1) is 0 Å². The average molecular weight is 330 g/mol. The molecule has 0 aliphatic heterocycles. The fourth-order valence-electron chi connectivity index (χ4n) is 1.91. The third-order valence-electron chi connectivity index (χ3n) is 3.21. The number of methoxy groups -OCH3 is 2. The van der Waals surface area contributed by atoms with E-state index in [0.717, 1.165) is 0 Å². The quantitative estimate of drug-likeness (QED) is 0.818. The summed E-state index contributed by atoms with van der Waals surface area (Å²) in [6.07, 6.45) is 1.92. The van der Waals surface area contributed by atoms with Gasteiger partial charge in [-0.05, 0) is 31.2 Å². The molecule has 0 bridgehead atoms. The van der Waals surface area contributed by atoms with Gasteiger partial charge in [0.25, 0.3) is 5.91 Å². The number of aromatic nitrogens is 1. The van der Waals surface area contributed by atoms with Crippen LogP contribution in [0.15, 0.2) is 42.7 Å². The van der Waals surface area contributed by atoms with E-state index in [0.29, 0.717) is 17.2 Å². The maximum absolute atomic E-state index is 12.2. The first kappa shape index (κ1) is 17.3. The van der Waals surface area contributed by atoms with Crippen molar-refractivity contribution in [3.8, 4) is 11.5 Å². The number of amides is 1. The van der Waals surface area contributed by atoms with E-state index in [4.69, 9.17) is 14.2 Å². The van der Waals surface area contributed by atoms with Crippen LogP contribution in [0.1, 0.15) is 17.3 Å². The van der Waals surface area contributed by atoms with E-state index in [-0.39, 0.29) is 5.56 Å². The van der Waals surface area contributed by atoms with Crippen LogP contribution in [-0.2, 0) is 9.53 Å². The first-order valence-corrected chi connectivity index (χ1v) is 7.19. The Kier molecular flexibility index (Phi) is 5.73. The molecule has 1 heterocycles. The van der Waals surface area contributed by atoms with Crippen LogP contribution < -0.4 is 14.8 Å². The molecule has 1 amide bonds. The minimum absolute atomic E-state index is 0.274.